The molecule has 1 heterocycles. The van der Waals surface area contributed by atoms with Crippen molar-refractivity contribution < 1.29 is 0 Å². The van der Waals surface area contributed by atoms with Crippen LogP contribution in [0.25, 0.3) is 0 Å². The van der Waals surface area contributed by atoms with E-state index in [2.05, 4.69) is 46.7 Å². The number of hydrogen-bond acceptors (Lipinski definition) is 4. The minimum atomic E-state index is -0.719. The van der Waals surface area contributed by atoms with Crippen molar-refractivity contribution in [2.24, 2.45) is 5.73 Å². The summed E-state index contributed by atoms with van der Waals surface area (Å²) >= 11 is 0. The number of benzene rings is 3. The van der Waals surface area contributed by atoms with Crippen molar-refractivity contribution in [2.45, 2.75) is 12.0 Å². The zero-order valence-corrected chi connectivity index (χ0v) is 14.9. The molecule has 0 aliphatic carbocycles. The SMILES string of the molecule is NCCc1nnn(C(c2ccccc2)(c2ccccc2)c2ccccc2)n1. The van der Waals surface area contributed by atoms with Gasteiger partial charge in [-0.2, -0.15) is 0 Å². The first-order chi connectivity index (χ1) is 13.4. The Morgan fingerprint density at radius 2 is 1.15 bits per heavy atom. The van der Waals surface area contributed by atoms with Gasteiger partial charge in [0.25, 0.3) is 0 Å². The largest absolute Gasteiger partial charge is 0.330 e. The molecule has 4 aromatic rings. The van der Waals surface area contributed by atoms with Gasteiger partial charge in [0.2, 0.25) is 0 Å². The molecule has 4 rings (SSSR count). The van der Waals surface area contributed by atoms with Gasteiger partial charge in [-0.05, 0) is 28.4 Å². The van der Waals surface area contributed by atoms with Gasteiger partial charge in [0.15, 0.2) is 11.4 Å². The van der Waals surface area contributed by atoms with Gasteiger partial charge in [0.1, 0.15) is 0 Å². The number of hydrogen-bond donors (Lipinski definition) is 1. The third kappa shape index (κ3) is 3.02. The smallest absolute Gasteiger partial charge is 0.176 e. The fourth-order valence-electron chi connectivity index (χ4n) is 3.50. The van der Waals surface area contributed by atoms with E-state index in [0.29, 0.717) is 18.8 Å². The molecule has 134 valence electrons. The topological polar surface area (TPSA) is 69.6 Å². The summed E-state index contributed by atoms with van der Waals surface area (Å²) in [7, 11) is 0. The van der Waals surface area contributed by atoms with Crippen molar-refractivity contribution in [1.29, 1.82) is 0 Å². The molecule has 0 spiro atoms. The van der Waals surface area contributed by atoms with Crippen LogP contribution >= 0.6 is 0 Å². The monoisotopic (exact) mass is 355 g/mol. The summed E-state index contributed by atoms with van der Waals surface area (Å²) in [4.78, 5) is 1.72. The molecule has 0 saturated heterocycles. The second-order valence-corrected chi connectivity index (χ2v) is 6.34. The fourth-order valence-corrected chi connectivity index (χ4v) is 3.50. The summed E-state index contributed by atoms with van der Waals surface area (Å²) in [6, 6.07) is 30.9. The number of aromatic nitrogens is 4. The van der Waals surface area contributed by atoms with Crippen molar-refractivity contribution in [1.82, 2.24) is 20.2 Å². The van der Waals surface area contributed by atoms with Gasteiger partial charge >= 0.3 is 0 Å². The predicted molar refractivity (Wildman–Crippen MR) is 105 cm³/mol. The summed E-state index contributed by atoms with van der Waals surface area (Å²) in [5.74, 6) is 0.643. The Morgan fingerprint density at radius 1 is 0.704 bits per heavy atom. The molecular formula is C22H21N5. The molecule has 0 saturated carbocycles. The molecule has 5 heteroatoms. The average Bonchev–Trinajstić information content (AvgIpc) is 3.20. The van der Waals surface area contributed by atoms with E-state index in [4.69, 9.17) is 10.8 Å². The Kier molecular flexibility index (Phi) is 4.77. The van der Waals surface area contributed by atoms with Crippen LogP contribution in [-0.2, 0) is 12.0 Å². The van der Waals surface area contributed by atoms with Crippen molar-refractivity contribution in [2.75, 3.05) is 6.54 Å². The van der Waals surface area contributed by atoms with Gasteiger partial charge in [0, 0.05) is 6.42 Å². The lowest BCUT2D eigenvalue weighted by atomic mass is 9.77. The Bertz CT molecular complexity index is 884. The summed E-state index contributed by atoms with van der Waals surface area (Å²) in [6.07, 6.45) is 0.592. The van der Waals surface area contributed by atoms with Crippen molar-refractivity contribution in [3.63, 3.8) is 0 Å². The Labute approximate surface area is 158 Å². The normalized spacial score (nSPS) is 11.4. The zero-order chi connectivity index (χ0) is 18.5. The van der Waals surface area contributed by atoms with E-state index < -0.39 is 5.54 Å². The third-order valence-electron chi connectivity index (χ3n) is 4.70. The minimum Gasteiger partial charge on any atom is -0.330 e. The van der Waals surface area contributed by atoms with Crippen LogP contribution in [0.1, 0.15) is 22.5 Å². The molecule has 0 bridgehead atoms. The first kappa shape index (κ1) is 17.1. The second-order valence-electron chi connectivity index (χ2n) is 6.34. The summed E-state index contributed by atoms with van der Waals surface area (Å²) in [6.45, 7) is 0.487. The van der Waals surface area contributed by atoms with Crippen LogP contribution in [-0.4, -0.2) is 26.8 Å². The minimum absolute atomic E-state index is 0.487. The van der Waals surface area contributed by atoms with E-state index in [-0.39, 0.29) is 0 Å². The molecule has 0 atom stereocenters. The molecule has 0 radical (unpaired) electrons. The van der Waals surface area contributed by atoms with E-state index in [1.165, 1.54) is 0 Å². The van der Waals surface area contributed by atoms with Gasteiger partial charge in [-0.15, -0.1) is 15.0 Å². The molecule has 1 aromatic heterocycles. The highest BCUT2D eigenvalue weighted by molar-refractivity contribution is 5.49. The molecule has 27 heavy (non-hydrogen) atoms. The van der Waals surface area contributed by atoms with Gasteiger partial charge in [-0.3, -0.25) is 0 Å². The van der Waals surface area contributed by atoms with Crippen LogP contribution in [0.4, 0.5) is 0 Å². The Hall–Kier alpha value is -3.31. The fraction of sp³-hybridized carbons (Fsp3) is 0.136. The average molecular weight is 355 g/mol. The van der Waals surface area contributed by atoms with Gasteiger partial charge < -0.3 is 5.73 Å². The van der Waals surface area contributed by atoms with Crippen LogP contribution in [0.15, 0.2) is 91.0 Å². The molecule has 0 amide bonds. The van der Waals surface area contributed by atoms with Crippen LogP contribution < -0.4 is 5.73 Å². The molecule has 5 nitrogen and oxygen atoms in total. The molecule has 2 N–H and O–H groups in total. The highest BCUT2D eigenvalue weighted by Gasteiger charge is 2.41. The lowest BCUT2D eigenvalue weighted by Crippen LogP contribution is -2.39. The lowest BCUT2D eigenvalue weighted by molar-refractivity contribution is 0.394. The standard InChI is InChI=1S/C22H21N5/c23-17-16-21-24-26-27(25-21)22(18-10-4-1-5-11-18,19-12-6-2-7-13-19)20-14-8-3-9-15-20/h1-15H,16-17,23H2. The molecule has 0 unspecified atom stereocenters. The van der Waals surface area contributed by atoms with E-state index in [1.54, 1.807) is 4.80 Å². The predicted octanol–water partition coefficient (Wildman–Crippen LogP) is 3.01. The first-order valence-corrected chi connectivity index (χ1v) is 9.01. The molecule has 0 aliphatic rings. The number of nitrogens with two attached hydrogens (primary N) is 1. The Balaban J connectivity index is 2.06. The Morgan fingerprint density at radius 3 is 1.56 bits per heavy atom. The van der Waals surface area contributed by atoms with Gasteiger partial charge in [-0.1, -0.05) is 91.0 Å². The van der Waals surface area contributed by atoms with Crippen LogP contribution in [0.5, 0.6) is 0 Å². The van der Waals surface area contributed by atoms with Crippen LogP contribution in [0.3, 0.4) is 0 Å². The molecule has 3 aromatic carbocycles. The molecular weight excluding hydrogens is 334 g/mol. The van der Waals surface area contributed by atoms with Crippen LogP contribution in [0, 0.1) is 0 Å². The highest BCUT2D eigenvalue weighted by atomic mass is 15.6. The van der Waals surface area contributed by atoms with E-state index in [0.717, 1.165) is 16.7 Å². The molecule has 0 aliphatic heterocycles. The van der Waals surface area contributed by atoms with Crippen LogP contribution in [0.2, 0.25) is 0 Å². The summed E-state index contributed by atoms with van der Waals surface area (Å²) in [5.41, 5.74) is 8.18. The first-order valence-electron chi connectivity index (χ1n) is 9.01. The number of tetrazole rings is 1. The highest BCUT2D eigenvalue weighted by Crippen LogP contribution is 2.39. The lowest BCUT2D eigenvalue weighted by Gasteiger charge is -2.34. The van der Waals surface area contributed by atoms with E-state index >= 15 is 0 Å². The zero-order valence-electron chi connectivity index (χ0n) is 14.9. The van der Waals surface area contributed by atoms with Gasteiger partial charge in [-0.25, -0.2) is 0 Å². The molecule has 0 fully saturated rings. The van der Waals surface area contributed by atoms with Crippen molar-refractivity contribution >= 4 is 0 Å². The number of rotatable bonds is 6. The summed E-state index contributed by atoms with van der Waals surface area (Å²) < 4.78 is 0. The maximum atomic E-state index is 5.70. The number of nitrogens with zero attached hydrogens (tertiary/aromatic N) is 4. The second kappa shape index (κ2) is 7.51. The van der Waals surface area contributed by atoms with Crippen molar-refractivity contribution in [3.05, 3.63) is 114 Å². The van der Waals surface area contributed by atoms with E-state index in [9.17, 15) is 0 Å². The summed E-state index contributed by atoms with van der Waals surface area (Å²) in [5, 5.41) is 13.4. The quantitative estimate of drug-likeness (QED) is 0.540. The maximum Gasteiger partial charge on any atom is 0.176 e. The maximum absolute atomic E-state index is 5.70. The van der Waals surface area contributed by atoms with E-state index in [1.807, 2.05) is 54.6 Å². The van der Waals surface area contributed by atoms with Gasteiger partial charge in [0.05, 0.1) is 0 Å². The van der Waals surface area contributed by atoms with Crippen molar-refractivity contribution in [3.8, 4) is 0 Å². The third-order valence-corrected chi connectivity index (χ3v) is 4.70.